The third-order valence-corrected chi connectivity index (χ3v) is 4.18. The molecule has 0 aliphatic carbocycles. The van der Waals surface area contributed by atoms with Gasteiger partial charge >= 0.3 is 0 Å². The van der Waals surface area contributed by atoms with Crippen LogP contribution in [0.15, 0.2) is 65.7 Å². The minimum atomic E-state index is -0.332. The van der Waals surface area contributed by atoms with E-state index in [-0.39, 0.29) is 18.3 Å². The highest BCUT2D eigenvalue weighted by molar-refractivity contribution is 6.00. The molecular weight excluding hydrogens is 373 g/mol. The molecule has 150 valence electrons. The summed E-state index contributed by atoms with van der Waals surface area (Å²) in [6.07, 6.45) is 0. The van der Waals surface area contributed by atoms with E-state index in [1.54, 1.807) is 31.4 Å². The number of benzene rings is 2. The lowest BCUT2D eigenvalue weighted by Gasteiger charge is -2.13. The number of methoxy groups -OCH3 is 1. The molecule has 2 N–H and O–H groups in total. The number of aliphatic imine (C=N–C) groups is 1. The molecule has 0 spiro atoms. The predicted octanol–water partition coefficient (Wildman–Crippen LogP) is 4.04. The average Bonchev–Trinajstić information content (AvgIpc) is 2.74. The molecule has 0 amide bonds. The highest BCUT2D eigenvalue weighted by Crippen LogP contribution is 2.20. The van der Waals surface area contributed by atoms with Crippen LogP contribution in [0.4, 0.5) is 4.39 Å². The first-order valence-electron chi connectivity index (χ1n) is 9.02. The SMILES string of the molecule is COc1cccc(CN=C(NO)c2ccc(C)nc2OCc2cccc(F)c2)c1. The predicted molar refractivity (Wildman–Crippen MR) is 108 cm³/mol. The van der Waals surface area contributed by atoms with Gasteiger partial charge in [0.2, 0.25) is 5.88 Å². The molecule has 2 aromatic carbocycles. The van der Waals surface area contributed by atoms with E-state index in [2.05, 4.69) is 15.5 Å². The molecule has 0 saturated carbocycles. The number of hydroxylamine groups is 1. The van der Waals surface area contributed by atoms with Crippen molar-refractivity contribution in [2.75, 3.05) is 7.11 Å². The molecular formula is C22H22FN3O3. The second-order valence-corrected chi connectivity index (χ2v) is 6.35. The number of hydrogen-bond donors (Lipinski definition) is 2. The van der Waals surface area contributed by atoms with Crippen molar-refractivity contribution < 1.29 is 19.1 Å². The molecule has 3 aromatic rings. The van der Waals surface area contributed by atoms with E-state index in [4.69, 9.17) is 9.47 Å². The zero-order chi connectivity index (χ0) is 20.6. The van der Waals surface area contributed by atoms with Gasteiger partial charge in [-0.15, -0.1) is 0 Å². The van der Waals surface area contributed by atoms with Gasteiger partial charge in [0.05, 0.1) is 19.2 Å². The van der Waals surface area contributed by atoms with Crippen molar-refractivity contribution in [1.29, 1.82) is 0 Å². The Balaban J connectivity index is 1.83. The zero-order valence-corrected chi connectivity index (χ0v) is 16.2. The smallest absolute Gasteiger partial charge is 0.225 e. The zero-order valence-electron chi connectivity index (χ0n) is 16.2. The van der Waals surface area contributed by atoms with E-state index in [0.717, 1.165) is 17.0 Å². The van der Waals surface area contributed by atoms with E-state index < -0.39 is 0 Å². The van der Waals surface area contributed by atoms with E-state index in [1.807, 2.05) is 31.2 Å². The number of aromatic nitrogens is 1. The Morgan fingerprint density at radius 1 is 1.10 bits per heavy atom. The Labute approximate surface area is 168 Å². The van der Waals surface area contributed by atoms with Gasteiger partial charge in [-0.3, -0.25) is 15.7 Å². The van der Waals surface area contributed by atoms with Gasteiger partial charge in [0.25, 0.3) is 0 Å². The van der Waals surface area contributed by atoms with E-state index in [9.17, 15) is 9.60 Å². The Morgan fingerprint density at radius 3 is 2.66 bits per heavy atom. The molecule has 0 saturated heterocycles. The normalized spacial score (nSPS) is 11.2. The van der Waals surface area contributed by atoms with Crippen LogP contribution in [-0.2, 0) is 13.2 Å². The summed E-state index contributed by atoms with van der Waals surface area (Å²) in [6.45, 7) is 2.28. The number of rotatable bonds is 7. The van der Waals surface area contributed by atoms with Crippen LogP contribution >= 0.6 is 0 Å². The number of aryl methyl sites for hydroxylation is 1. The Kier molecular flexibility index (Phi) is 6.76. The Bertz CT molecular complexity index is 1010. The number of amidine groups is 1. The summed E-state index contributed by atoms with van der Waals surface area (Å²) < 4.78 is 24.4. The average molecular weight is 395 g/mol. The molecule has 1 heterocycles. The molecule has 1 aromatic heterocycles. The second-order valence-electron chi connectivity index (χ2n) is 6.35. The summed E-state index contributed by atoms with van der Waals surface area (Å²) in [5.41, 5.74) is 4.95. The lowest BCUT2D eigenvalue weighted by molar-refractivity contribution is 0.233. The molecule has 0 radical (unpaired) electrons. The molecule has 0 fully saturated rings. The Hall–Kier alpha value is -3.45. The van der Waals surface area contributed by atoms with Crippen molar-refractivity contribution in [2.24, 2.45) is 4.99 Å². The fourth-order valence-electron chi connectivity index (χ4n) is 2.72. The van der Waals surface area contributed by atoms with Crippen molar-refractivity contribution in [3.05, 3.63) is 88.9 Å². The maximum Gasteiger partial charge on any atom is 0.225 e. The summed E-state index contributed by atoms with van der Waals surface area (Å²) in [6, 6.07) is 17.2. The number of nitrogens with one attached hydrogen (secondary N) is 1. The summed E-state index contributed by atoms with van der Waals surface area (Å²) in [5.74, 6) is 0.906. The van der Waals surface area contributed by atoms with Crippen LogP contribution in [0.5, 0.6) is 11.6 Å². The Morgan fingerprint density at radius 2 is 1.90 bits per heavy atom. The molecule has 0 aliphatic heterocycles. The van der Waals surface area contributed by atoms with Gasteiger partial charge in [0.15, 0.2) is 5.84 Å². The number of nitrogens with zero attached hydrogens (tertiary/aromatic N) is 2. The van der Waals surface area contributed by atoms with Crippen molar-refractivity contribution >= 4 is 5.84 Å². The van der Waals surface area contributed by atoms with Crippen molar-refractivity contribution in [2.45, 2.75) is 20.1 Å². The lowest BCUT2D eigenvalue weighted by Crippen LogP contribution is -2.22. The monoisotopic (exact) mass is 395 g/mol. The second kappa shape index (κ2) is 9.66. The molecule has 29 heavy (non-hydrogen) atoms. The number of ether oxygens (including phenoxy) is 2. The third-order valence-electron chi connectivity index (χ3n) is 4.18. The summed E-state index contributed by atoms with van der Waals surface area (Å²) in [5, 5.41) is 9.64. The highest BCUT2D eigenvalue weighted by atomic mass is 19.1. The third kappa shape index (κ3) is 5.52. The lowest BCUT2D eigenvalue weighted by atomic mass is 10.2. The summed E-state index contributed by atoms with van der Waals surface area (Å²) >= 11 is 0. The van der Waals surface area contributed by atoms with Crippen molar-refractivity contribution in [1.82, 2.24) is 10.5 Å². The van der Waals surface area contributed by atoms with Gasteiger partial charge in [0.1, 0.15) is 18.2 Å². The number of hydrogen-bond acceptors (Lipinski definition) is 5. The van der Waals surface area contributed by atoms with Gasteiger partial charge in [-0.05, 0) is 54.4 Å². The van der Waals surface area contributed by atoms with Crippen molar-refractivity contribution in [3.8, 4) is 11.6 Å². The first kappa shape index (κ1) is 20.3. The van der Waals surface area contributed by atoms with E-state index >= 15 is 0 Å². The minimum Gasteiger partial charge on any atom is -0.497 e. The first-order chi connectivity index (χ1) is 14.1. The molecule has 3 rings (SSSR count). The van der Waals surface area contributed by atoms with Crippen LogP contribution in [0.25, 0.3) is 0 Å². The van der Waals surface area contributed by atoms with Gasteiger partial charge < -0.3 is 9.47 Å². The minimum absolute atomic E-state index is 0.135. The van der Waals surface area contributed by atoms with Crippen LogP contribution in [0.2, 0.25) is 0 Å². The molecule has 0 bridgehead atoms. The quantitative estimate of drug-likeness (QED) is 0.359. The maximum absolute atomic E-state index is 13.4. The van der Waals surface area contributed by atoms with E-state index in [1.165, 1.54) is 12.1 Å². The van der Waals surface area contributed by atoms with Crippen molar-refractivity contribution in [3.63, 3.8) is 0 Å². The highest BCUT2D eigenvalue weighted by Gasteiger charge is 2.13. The topological polar surface area (TPSA) is 76.0 Å². The molecule has 0 unspecified atom stereocenters. The maximum atomic E-state index is 13.4. The van der Waals surface area contributed by atoms with Gasteiger partial charge in [-0.1, -0.05) is 24.3 Å². The standard InChI is InChI=1S/C22H22FN3O3/c1-15-9-10-20(22(25-15)29-14-17-6-3-7-18(23)11-17)21(26-27)24-13-16-5-4-8-19(12-16)28-2/h3-12,27H,13-14H2,1-2H3,(H,24,26). The molecule has 7 heteroatoms. The van der Waals surface area contributed by atoms with Gasteiger partial charge in [-0.25, -0.2) is 9.37 Å². The van der Waals surface area contributed by atoms with Crippen LogP contribution in [-0.4, -0.2) is 23.1 Å². The molecule has 0 atom stereocenters. The van der Waals surface area contributed by atoms with E-state index in [0.29, 0.717) is 23.6 Å². The van der Waals surface area contributed by atoms with Crippen LogP contribution in [0.1, 0.15) is 22.4 Å². The largest absolute Gasteiger partial charge is 0.497 e. The molecule has 6 nitrogen and oxygen atoms in total. The first-order valence-corrected chi connectivity index (χ1v) is 9.02. The summed E-state index contributed by atoms with van der Waals surface area (Å²) in [7, 11) is 1.60. The number of halogens is 1. The number of pyridine rings is 1. The van der Waals surface area contributed by atoms with Gasteiger partial charge in [-0.2, -0.15) is 0 Å². The van der Waals surface area contributed by atoms with Crippen LogP contribution in [0.3, 0.4) is 0 Å². The van der Waals surface area contributed by atoms with Crippen LogP contribution in [0, 0.1) is 12.7 Å². The summed E-state index contributed by atoms with van der Waals surface area (Å²) in [4.78, 5) is 8.83. The molecule has 0 aliphatic rings. The fraction of sp³-hybridized carbons (Fsp3) is 0.182. The fourth-order valence-corrected chi connectivity index (χ4v) is 2.72. The van der Waals surface area contributed by atoms with Gasteiger partial charge in [0, 0.05) is 5.69 Å². The van der Waals surface area contributed by atoms with Crippen LogP contribution < -0.4 is 15.0 Å².